The maximum atomic E-state index is 11.2. The molecule has 0 aromatic carbocycles. The van der Waals surface area contributed by atoms with Gasteiger partial charge in [-0.05, 0) is 6.92 Å². The summed E-state index contributed by atoms with van der Waals surface area (Å²) in [5.74, 6) is 0.656. The van der Waals surface area contributed by atoms with Crippen molar-refractivity contribution in [1.82, 2.24) is 10.1 Å². The summed E-state index contributed by atoms with van der Waals surface area (Å²) in [7, 11) is 1.51. The molecule has 0 saturated carbocycles. The van der Waals surface area contributed by atoms with E-state index in [1.807, 2.05) is 0 Å². The number of carbonyl (C=O) groups is 2. The van der Waals surface area contributed by atoms with Crippen LogP contribution in [0.1, 0.15) is 5.76 Å². The van der Waals surface area contributed by atoms with Crippen LogP contribution in [0.4, 0.5) is 5.82 Å². The number of carbonyl (C=O) groups excluding carboxylic acids is 2. The number of likely N-dealkylation sites (N-methyl/N-ethyl adjacent to an activating group) is 1. The SMILES string of the molecule is Cc1cc(NC(=O)CN(C)C=O)no1. The molecule has 76 valence electrons. The van der Waals surface area contributed by atoms with E-state index in [9.17, 15) is 9.59 Å². The fourth-order valence-corrected chi connectivity index (χ4v) is 0.871. The molecule has 0 bridgehead atoms. The fraction of sp³-hybridized carbons (Fsp3) is 0.375. The van der Waals surface area contributed by atoms with Crippen LogP contribution >= 0.6 is 0 Å². The second-order valence-corrected chi connectivity index (χ2v) is 2.89. The van der Waals surface area contributed by atoms with E-state index >= 15 is 0 Å². The molecule has 1 N–H and O–H groups in total. The van der Waals surface area contributed by atoms with Crippen molar-refractivity contribution in [2.75, 3.05) is 18.9 Å². The lowest BCUT2D eigenvalue weighted by Gasteiger charge is -2.08. The highest BCUT2D eigenvalue weighted by atomic mass is 16.5. The van der Waals surface area contributed by atoms with Gasteiger partial charge in [-0.15, -0.1) is 0 Å². The molecule has 2 amide bonds. The molecule has 1 aromatic rings. The average Bonchev–Trinajstić information content (AvgIpc) is 2.50. The number of nitrogens with zero attached hydrogens (tertiary/aromatic N) is 2. The number of amides is 2. The van der Waals surface area contributed by atoms with Crippen molar-refractivity contribution >= 4 is 18.1 Å². The van der Waals surface area contributed by atoms with Gasteiger partial charge in [-0.2, -0.15) is 0 Å². The lowest BCUT2D eigenvalue weighted by atomic mass is 10.4. The number of anilines is 1. The number of nitrogens with one attached hydrogen (secondary N) is 1. The van der Waals surface area contributed by atoms with E-state index < -0.39 is 0 Å². The van der Waals surface area contributed by atoms with Crippen molar-refractivity contribution in [3.05, 3.63) is 11.8 Å². The largest absolute Gasteiger partial charge is 0.360 e. The zero-order chi connectivity index (χ0) is 10.6. The Balaban J connectivity index is 2.45. The van der Waals surface area contributed by atoms with E-state index in [0.717, 1.165) is 0 Å². The van der Waals surface area contributed by atoms with E-state index in [0.29, 0.717) is 18.0 Å². The van der Waals surface area contributed by atoms with Crippen molar-refractivity contribution in [2.45, 2.75) is 6.92 Å². The first-order chi connectivity index (χ1) is 6.61. The van der Waals surface area contributed by atoms with Crippen molar-refractivity contribution in [2.24, 2.45) is 0 Å². The molecular weight excluding hydrogens is 186 g/mol. The molecule has 0 aliphatic heterocycles. The standard InChI is InChI=1S/C8H11N3O3/c1-6-3-7(10-14-6)9-8(13)4-11(2)5-12/h3,5H,4H2,1-2H3,(H,9,10,13). The molecule has 0 aliphatic rings. The Hall–Kier alpha value is -1.85. The summed E-state index contributed by atoms with van der Waals surface area (Å²) in [4.78, 5) is 22.6. The van der Waals surface area contributed by atoms with Crippen molar-refractivity contribution in [3.63, 3.8) is 0 Å². The normalized spacial score (nSPS) is 9.57. The van der Waals surface area contributed by atoms with Crippen LogP contribution in [-0.4, -0.2) is 36.0 Å². The molecule has 1 rings (SSSR count). The molecular formula is C8H11N3O3. The average molecular weight is 197 g/mol. The molecule has 1 heterocycles. The van der Waals surface area contributed by atoms with Crippen LogP contribution in [0.3, 0.4) is 0 Å². The van der Waals surface area contributed by atoms with Crippen molar-refractivity contribution in [3.8, 4) is 0 Å². The minimum atomic E-state index is -0.312. The second kappa shape index (κ2) is 4.40. The van der Waals surface area contributed by atoms with Crippen molar-refractivity contribution in [1.29, 1.82) is 0 Å². The lowest BCUT2D eigenvalue weighted by molar-refractivity contribution is -0.124. The van der Waals surface area contributed by atoms with Gasteiger partial charge in [0, 0.05) is 13.1 Å². The van der Waals surface area contributed by atoms with Gasteiger partial charge in [0.25, 0.3) is 0 Å². The maximum absolute atomic E-state index is 11.2. The topological polar surface area (TPSA) is 75.4 Å². The first kappa shape index (κ1) is 10.2. The molecule has 0 saturated heterocycles. The monoisotopic (exact) mass is 197 g/mol. The van der Waals surface area contributed by atoms with Gasteiger partial charge < -0.3 is 14.7 Å². The molecule has 6 nitrogen and oxygen atoms in total. The Labute approximate surface area is 80.9 Å². The third kappa shape index (κ3) is 2.89. The fourth-order valence-electron chi connectivity index (χ4n) is 0.871. The zero-order valence-electron chi connectivity index (χ0n) is 7.98. The van der Waals surface area contributed by atoms with Gasteiger partial charge in [0.1, 0.15) is 5.76 Å². The highest BCUT2D eigenvalue weighted by Crippen LogP contribution is 2.06. The molecule has 14 heavy (non-hydrogen) atoms. The van der Waals surface area contributed by atoms with Gasteiger partial charge in [0.2, 0.25) is 12.3 Å². The Bertz CT molecular complexity index is 334. The molecule has 0 spiro atoms. The number of rotatable bonds is 4. The molecule has 6 heteroatoms. The van der Waals surface area contributed by atoms with Gasteiger partial charge in [0.15, 0.2) is 5.82 Å². The quantitative estimate of drug-likeness (QED) is 0.690. The molecule has 0 unspecified atom stereocenters. The summed E-state index contributed by atoms with van der Waals surface area (Å²) in [6.07, 6.45) is 0.577. The van der Waals surface area contributed by atoms with Gasteiger partial charge in [-0.25, -0.2) is 0 Å². The maximum Gasteiger partial charge on any atom is 0.245 e. The predicted molar refractivity (Wildman–Crippen MR) is 48.6 cm³/mol. The first-order valence-corrected chi connectivity index (χ1v) is 4.00. The molecule has 0 aliphatic carbocycles. The lowest BCUT2D eigenvalue weighted by Crippen LogP contribution is -2.29. The highest BCUT2D eigenvalue weighted by molar-refractivity contribution is 5.92. The third-order valence-electron chi connectivity index (χ3n) is 1.47. The Morgan fingerprint density at radius 2 is 2.50 bits per heavy atom. The smallest absolute Gasteiger partial charge is 0.245 e. The first-order valence-electron chi connectivity index (χ1n) is 4.00. The summed E-state index contributed by atoms with van der Waals surface area (Å²) in [6.45, 7) is 1.72. The number of aromatic nitrogens is 1. The number of aryl methyl sites for hydroxylation is 1. The van der Waals surface area contributed by atoms with Crippen LogP contribution in [0.15, 0.2) is 10.6 Å². The van der Waals surface area contributed by atoms with Gasteiger partial charge >= 0.3 is 0 Å². The Morgan fingerprint density at radius 1 is 1.79 bits per heavy atom. The summed E-state index contributed by atoms with van der Waals surface area (Å²) in [5, 5.41) is 6.06. The summed E-state index contributed by atoms with van der Waals surface area (Å²) in [5.41, 5.74) is 0. The minimum absolute atomic E-state index is 0.00456. The predicted octanol–water partition coefficient (Wildman–Crippen LogP) is 0.00972. The number of hydrogen-bond donors (Lipinski definition) is 1. The Morgan fingerprint density at radius 3 is 3.00 bits per heavy atom. The summed E-state index contributed by atoms with van der Waals surface area (Å²) >= 11 is 0. The highest BCUT2D eigenvalue weighted by Gasteiger charge is 2.07. The Kier molecular flexibility index (Phi) is 3.22. The van der Waals surface area contributed by atoms with E-state index in [4.69, 9.17) is 4.52 Å². The zero-order valence-corrected chi connectivity index (χ0v) is 7.98. The van der Waals surface area contributed by atoms with Crippen LogP contribution in [0.25, 0.3) is 0 Å². The third-order valence-corrected chi connectivity index (χ3v) is 1.47. The van der Waals surface area contributed by atoms with Crippen LogP contribution in [0, 0.1) is 6.92 Å². The van der Waals surface area contributed by atoms with Gasteiger partial charge in [-0.1, -0.05) is 5.16 Å². The molecule has 0 fully saturated rings. The van der Waals surface area contributed by atoms with E-state index in [-0.39, 0.29) is 12.5 Å². The van der Waals surface area contributed by atoms with Crippen LogP contribution in [-0.2, 0) is 9.59 Å². The minimum Gasteiger partial charge on any atom is -0.360 e. The van der Waals surface area contributed by atoms with Crippen LogP contribution in [0.5, 0.6) is 0 Å². The van der Waals surface area contributed by atoms with Gasteiger partial charge in [-0.3, -0.25) is 9.59 Å². The van der Waals surface area contributed by atoms with E-state index in [1.165, 1.54) is 11.9 Å². The van der Waals surface area contributed by atoms with Crippen molar-refractivity contribution < 1.29 is 14.1 Å². The van der Waals surface area contributed by atoms with Crippen LogP contribution in [0.2, 0.25) is 0 Å². The number of hydrogen-bond acceptors (Lipinski definition) is 4. The molecule has 1 aromatic heterocycles. The summed E-state index contributed by atoms with van der Waals surface area (Å²) in [6, 6.07) is 1.60. The summed E-state index contributed by atoms with van der Waals surface area (Å²) < 4.78 is 4.75. The second-order valence-electron chi connectivity index (χ2n) is 2.89. The van der Waals surface area contributed by atoms with Gasteiger partial charge in [0.05, 0.1) is 6.54 Å². The van der Waals surface area contributed by atoms with E-state index in [1.54, 1.807) is 13.0 Å². The van der Waals surface area contributed by atoms with E-state index in [2.05, 4.69) is 10.5 Å². The van der Waals surface area contributed by atoms with Crippen LogP contribution < -0.4 is 5.32 Å². The molecule has 0 atom stereocenters. The molecule has 0 radical (unpaired) electrons.